The van der Waals surface area contributed by atoms with Gasteiger partial charge in [0, 0.05) is 23.9 Å². The molecular weight excluding hydrogens is 306 g/mol. The number of amides is 3. The number of nitrogens with one attached hydrogen (secondary N) is 3. The maximum Gasteiger partial charge on any atom is 0.255 e. The highest BCUT2D eigenvalue weighted by Gasteiger charge is 2.14. The number of anilines is 2. The molecule has 0 bridgehead atoms. The average Bonchev–Trinajstić information content (AvgIpc) is 2.55. The Kier molecular flexibility index (Phi) is 5.68. The van der Waals surface area contributed by atoms with E-state index in [2.05, 4.69) is 16.0 Å². The summed E-state index contributed by atoms with van der Waals surface area (Å²) < 4.78 is 0. The first-order valence-electron chi connectivity index (χ1n) is 7.50. The lowest BCUT2D eigenvalue weighted by atomic mass is 10.2. The Balaban J connectivity index is 1.96. The van der Waals surface area contributed by atoms with Gasteiger partial charge in [0.1, 0.15) is 6.04 Å². The van der Waals surface area contributed by atoms with Crippen LogP contribution in [0.2, 0.25) is 0 Å². The van der Waals surface area contributed by atoms with Crippen LogP contribution in [0.3, 0.4) is 0 Å². The quantitative estimate of drug-likeness (QED) is 0.789. The molecule has 1 unspecified atom stereocenters. The van der Waals surface area contributed by atoms with Crippen LogP contribution >= 0.6 is 0 Å². The van der Waals surface area contributed by atoms with Crippen molar-refractivity contribution in [1.29, 1.82) is 0 Å². The van der Waals surface area contributed by atoms with Crippen LogP contribution in [0.1, 0.15) is 24.2 Å². The fourth-order valence-electron chi connectivity index (χ4n) is 2.05. The van der Waals surface area contributed by atoms with Crippen molar-refractivity contribution >= 4 is 29.1 Å². The molecule has 0 aliphatic rings. The van der Waals surface area contributed by atoms with Gasteiger partial charge in [-0.2, -0.15) is 0 Å². The molecule has 0 saturated carbocycles. The highest BCUT2D eigenvalue weighted by Crippen LogP contribution is 2.12. The van der Waals surface area contributed by atoms with Crippen molar-refractivity contribution in [3.05, 3.63) is 60.2 Å². The van der Waals surface area contributed by atoms with E-state index in [0.29, 0.717) is 16.9 Å². The molecule has 2 aromatic rings. The summed E-state index contributed by atoms with van der Waals surface area (Å²) in [6, 6.07) is 15.0. The summed E-state index contributed by atoms with van der Waals surface area (Å²) in [7, 11) is 0. The van der Waals surface area contributed by atoms with Crippen LogP contribution in [0.4, 0.5) is 11.4 Å². The largest absolute Gasteiger partial charge is 0.345 e. The third kappa shape index (κ3) is 4.95. The predicted octanol–water partition coefficient (Wildman–Crippen LogP) is 2.40. The molecule has 24 heavy (non-hydrogen) atoms. The lowest BCUT2D eigenvalue weighted by molar-refractivity contribution is -0.124. The lowest BCUT2D eigenvalue weighted by Crippen LogP contribution is -2.40. The fraction of sp³-hybridized carbons (Fsp3) is 0.167. The second kappa shape index (κ2) is 7.92. The zero-order valence-corrected chi connectivity index (χ0v) is 13.5. The Hall–Kier alpha value is -3.15. The van der Waals surface area contributed by atoms with Crippen LogP contribution in [0.5, 0.6) is 0 Å². The van der Waals surface area contributed by atoms with Crippen molar-refractivity contribution in [3.63, 3.8) is 0 Å². The lowest BCUT2D eigenvalue weighted by Gasteiger charge is -2.13. The molecule has 2 rings (SSSR count). The first-order chi connectivity index (χ1) is 11.5. The average molecular weight is 325 g/mol. The fourth-order valence-corrected chi connectivity index (χ4v) is 2.05. The number of carbonyl (C=O) groups is 3. The molecule has 3 amide bonds. The highest BCUT2D eigenvalue weighted by molar-refractivity contribution is 6.04. The summed E-state index contributed by atoms with van der Waals surface area (Å²) in [5.41, 5.74) is 1.74. The molecule has 0 aliphatic heterocycles. The van der Waals surface area contributed by atoms with Gasteiger partial charge in [-0.25, -0.2) is 0 Å². The maximum atomic E-state index is 12.1. The van der Waals surface area contributed by atoms with Gasteiger partial charge in [0.05, 0.1) is 0 Å². The zero-order chi connectivity index (χ0) is 17.5. The van der Waals surface area contributed by atoms with Gasteiger partial charge in [-0.05, 0) is 43.3 Å². The summed E-state index contributed by atoms with van der Waals surface area (Å²) in [6.07, 6.45) is 0. The van der Waals surface area contributed by atoms with Gasteiger partial charge in [0.25, 0.3) is 5.91 Å². The van der Waals surface area contributed by atoms with Gasteiger partial charge in [-0.1, -0.05) is 18.2 Å². The molecule has 0 heterocycles. The molecule has 0 spiro atoms. The van der Waals surface area contributed by atoms with Crippen molar-refractivity contribution in [2.45, 2.75) is 19.9 Å². The Morgan fingerprint density at radius 2 is 1.42 bits per heavy atom. The normalized spacial score (nSPS) is 11.2. The van der Waals surface area contributed by atoms with Gasteiger partial charge in [0.2, 0.25) is 11.8 Å². The number of carbonyl (C=O) groups excluding carboxylic acids is 3. The summed E-state index contributed by atoms with van der Waals surface area (Å²) in [5.74, 6) is -0.831. The van der Waals surface area contributed by atoms with E-state index >= 15 is 0 Å². The molecule has 6 nitrogen and oxygen atoms in total. The van der Waals surface area contributed by atoms with Crippen molar-refractivity contribution in [3.8, 4) is 0 Å². The van der Waals surface area contributed by atoms with Crippen LogP contribution < -0.4 is 16.0 Å². The number of para-hydroxylation sites is 1. The van der Waals surface area contributed by atoms with Gasteiger partial charge in [-0.15, -0.1) is 0 Å². The van der Waals surface area contributed by atoms with Crippen molar-refractivity contribution < 1.29 is 14.4 Å². The maximum absolute atomic E-state index is 12.1. The third-order valence-corrected chi connectivity index (χ3v) is 3.26. The van der Waals surface area contributed by atoms with Crippen LogP contribution in [0.15, 0.2) is 54.6 Å². The Morgan fingerprint density at radius 1 is 0.833 bits per heavy atom. The van der Waals surface area contributed by atoms with E-state index in [-0.39, 0.29) is 17.7 Å². The van der Waals surface area contributed by atoms with E-state index in [9.17, 15) is 14.4 Å². The number of rotatable bonds is 5. The molecular formula is C18H19N3O3. The molecule has 2 aromatic carbocycles. The van der Waals surface area contributed by atoms with Crippen molar-refractivity contribution in [2.75, 3.05) is 10.6 Å². The van der Waals surface area contributed by atoms with E-state index in [1.54, 1.807) is 43.3 Å². The molecule has 1 atom stereocenters. The molecule has 124 valence electrons. The van der Waals surface area contributed by atoms with Crippen LogP contribution in [0, 0.1) is 0 Å². The van der Waals surface area contributed by atoms with E-state index < -0.39 is 6.04 Å². The van der Waals surface area contributed by atoms with Gasteiger partial charge < -0.3 is 16.0 Å². The highest BCUT2D eigenvalue weighted by atomic mass is 16.2. The van der Waals surface area contributed by atoms with E-state index in [1.807, 2.05) is 18.2 Å². The molecule has 6 heteroatoms. The summed E-state index contributed by atoms with van der Waals surface area (Å²) >= 11 is 0. The molecule has 0 saturated heterocycles. The predicted molar refractivity (Wildman–Crippen MR) is 92.7 cm³/mol. The topological polar surface area (TPSA) is 87.3 Å². The minimum atomic E-state index is -0.636. The van der Waals surface area contributed by atoms with E-state index in [1.165, 1.54) is 6.92 Å². The smallest absolute Gasteiger partial charge is 0.255 e. The van der Waals surface area contributed by atoms with Gasteiger partial charge in [-0.3, -0.25) is 14.4 Å². The molecule has 0 radical (unpaired) electrons. The van der Waals surface area contributed by atoms with Crippen LogP contribution in [0.25, 0.3) is 0 Å². The first-order valence-corrected chi connectivity index (χ1v) is 7.50. The van der Waals surface area contributed by atoms with Crippen molar-refractivity contribution in [2.24, 2.45) is 0 Å². The number of hydrogen-bond acceptors (Lipinski definition) is 3. The monoisotopic (exact) mass is 325 g/mol. The Morgan fingerprint density at radius 3 is 2.00 bits per heavy atom. The van der Waals surface area contributed by atoms with Crippen LogP contribution in [-0.4, -0.2) is 23.8 Å². The summed E-state index contributed by atoms with van der Waals surface area (Å²) in [4.78, 5) is 35.0. The van der Waals surface area contributed by atoms with Gasteiger partial charge in [0.15, 0.2) is 0 Å². The SMILES string of the molecule is CC(=O)NC(C)C(=O)Nc1ccc(C(=O)Nc2ccccc2)cc1. The minimum absolute atomic E-state index is 0.231. The Bertz CT molecular complexity index is 727. The van der Waals surface area contributed by atoms with Crippen molar-refractivity contribution in [1.82, 2.24) is 5.32 Å². The van der Waals surface area contributed by atoms with Crippen LogP contribution in [-0.2, 0) is 9.59 Å². The molecule has 0 fully saturated rings. The molecule has 3 N–H and O–H groups in total. The van der Waals surface area contributed by atoms with Gasteiger partial charge >= 0.3 is 0 Å². The standard InChI is InChI=1S/C18H19N3O3/c1-12(19-13(2)22)17(23)20-16-10-8-14(9-11-16)18(24)21-15-6-4-3-5-7-15/h3-12H,1-2H3,(H,19,22)(H,20,23)(H,21,24). The number of hydrogen-bond donors (Lipinski definition) is 3. The summed E-state index contributed by atoms with van der Waals surface area (Å²) in [5, 5.41) is 7.97. The van der Waals surface area contributed by atoms with E-state index in [0.717, 1.165) is 0 Å². The summed E-state index contributed by atoms with van der Waals surface area (Å²) in [6.45, 7) is 2.95. The first kappa shape index (κ1) is 17.2. The zero-order valence-electron chi connectivity index (χ0n) is 13.5. The second-order valence-corrected chi connectivity index (χ2v) is 5.31. The number of benzene rings is 2. The third-order valence-electron chi connectivity index (χ3n) is 3.26. The second-order valence-electron chi connectivity index (χ2n) is 5.31. The molecule has 0 aromatic heterocycles. The minimum Gasteiger partial charge on any atom is -0.345 e. The van der Waals surface area contributed by atoms with E-state index in [4.69, 9.17) is 0 Å². The molecule has 0 aliphatic carbocycles. The Labute approximate surface area is 140 Å².